The maximum absolute atomic E-state index is 13.7. The van der Waals surface area contributed by atoms with Gasteiger partial charge in [0.2, 0.25) is 0 Å². The lowest BCUT2D eigenvalue weighted by molar-refractivity contribution is -0.139. The summed E-state index contributed by atoms with van der Waals surface area (Å²) in [4.78, 5) is 4.10. The molecule has 0 unspecified atom stereocenters. The molecule has 6 heteroatoms. The molecule has 154 valence electrons. The quantitative estimate of drug-likeness (QED) is 0.407. The van der Waals surface area contributed by atoms with Crippen molar-refractivity contribution in [1.29, 1.82) is 0 Å². The molecule has 0 saturated carbocycles. The Morgan fingerprint density at radius 2 is 1.76 bits per heavy atom. The number of hydrogen-bond acceptors (Lipinski definition) is 2. The summed E-state index contributed by atoms with van der Waals surface area (Å²) in [5, 5.41) is 0.584. The van der Waals surface area contributed by atoms with Crippen LogP contribution in [0.2, 0.25) is 0 Å². The molecule has 0 amide bonds. The average molecular weight is 405 g/mol. The Kier molecular flexibility index (Phi) is 6.10. The topological polar surface area (TPSA) is 22.1 Å². The molecule has 0 fully saturated rings. The molecule has 0 N–H and O–H groups in total. The number of benzene rings is 2. The van der Waals surface area contributed by atoms with Crippen LogP contribution in [0, 0.1) is 17.7 Å². The molecule has 0 radical (unpaired) electrons. The van der Waals surface area contributed by atoms with Crippen LogP contribution in [0.3, 0.4) is 0 Å². The fraction of sp³-hybridized carbons (Fsp3) is 0.348. The first-order valence-electron chi connectivity index (χ1n) is 9.54. The lowest BCUT2D eigenvalue weighted by Gasteiger charge is -2.19. The summed E-state index contributed by atoms with van der Waals surface area (Å²) >= 11 is 0. The van der Waals surface area contributed by atoms with Crippen molar-refractivity contribution < 1.29 is 22.3 Å². The number of rotatable bonds is 6. The maximum atomic E-state index is 13.7. The number of alkyl halides is 3. The van der Waals surface area contributed by atoms with Crippen molar-refractivity contribution in [2.24, 2.45) is 11.8 Å². The predicted molar refractivity (Wildman–Crippen MR) is 106 cm³/mol. The van der Waals surface area contributed by atoms with Gasteiger partial charge < -0.3 is 4.74 Å². The number of fused-ring (bicyclic) bond motifs is 1. The Hall–Kier alpha value is -2.63. The fourth-order valence-corrected chi connectivity index (χ4v) is 3.52. The van der Waals surface area contributed by atoms with Gasteiger partial charge in [-0.2, -0.15) is 13.2 Å². The zero-order valence-corrected chi connectivity index (χ0v) is 16.6. The second-order valence-electron chi connectivity index (χ2n) is 7.77. The fourth-order valence-electron chi connectivity index (χ4n) is 3.52. The molecule has 3 rings (SSSR count). The van der Waals surface area contributed by atoms with E-state index in [9.17, 15) is 17.6 Å². The first-order chi connectivity index (χ1) is 13.6. The van der Waals surface area contributed by atoms with Gasteiger partial charge in [-0.1, -0.05) is 26.8 Å². The predicted octanol–water partition coefficient (Wildman–Crippen LogP) is 7.12. The molecule has 2 nitrogen and oxygen atoms in total. The third-order valence-corrected chi connectivity index (χ3v) is 4.70. The number of ether oxygens (including phenoxy) is 1. The second-order valence-corrected chi connectivity index (χ2v) is 7.77. The van der Waals surface area contributed by atoms with Crippen molar-refractivity contribution in [3.05, 3.63) is 60.0 Å². The maximum Gasteiger partial charge on any atom is 0.419 e. The van der Waals surface area contributed by atoms with Crippen LogP contribution in [0.25, 0.3) is 22.0 Å². The van der Waals surface area contributed by atoms with Gasteiger partial charge in [-0.3, -0.25) is 4.98 Å². The molecular formula is C23H23F4NO. The summed E-state index contributed by atoms with van der Waals surface area (Å²) in [5.74, 6) is -0.0312. The van der Waals surface area contributed by atoms with Crippen molar-refractivity contribution in [2.75, 3.05) is 6.61 Å². The highest BCUT2D eigenvalue weighted by Gasteiger charge is 2.35. The molecule has 0 aliphatic rings. The molecule has 2 aromatic carbocycles. The number of hydrogen-bond donors (Lipinski definition) is 0. The van der Waals surface area contributed by atoms with Crippen LogP contribution in [0.4, 0.5) is 17.6 Å². The van der Waals surface area contributed by atoms with Crippen molar-refractivity contribution >= 4 is 10.9 Å². The summed E-state index contributed by atoms with van der Waals surface area (Å²) in [6.07, 6.45) is -2.22. The summed E-state index contributed by atoms with van der Waals surface area (Å²) in [5.41, 5.74) is 0.497. The monoisotopic (exact) mass is 405 g/mol. The van der Waals surface area contributed by atoms with E-state index in [-0.39, 0.29) is 18.3 Å². The smallest absolute Gasteiger partial charge is 0.419 e. The van der Waals surface area contributed by atoms with Gasteiger partial charge in [0.15, 0.2) is 0 Å². The van der Waals surface area contributed by atoms with Gasteiger partial charge in [0.25, 0.3) is 0 Å². The van der Waals surface area contributed by atoms with Gasteiger partial charge in [0, 0.05) is 17.6 Å². The third-order valence-electron chi connectivity index (χ3n) is 4.70. The van der Waals surface area contributed by atoms with Crippen LogP contribution in [-0.2, 0) is 6.18 Å². The van der Waals surface area contributed by atoms with E-state index in [1.807, 2.05) is 6.92 Å². The summed E-state index contributed by atoms with van der Waals surface area (Å²) < 4.78 is 60.1. The van der Waals surface area contributed by atoms with Gasteiger partial charge >= 0.3 is 6.18 Å². The van der Waals surface area contributed by atoms with Crippen LogP contribution in [0.5, 0.6) is 5.75 Å². The Bertz CT molecular complexity index is 998. The lowest BCUT2D eigenvalue weighted by atomic mass is 9.98. The highest BCUT2D eigenvalue weighted by Crippen LogP contribution is 2.40. The Morgan fingerprint density at radius 3 is 2.45 bits per heavy atom. The highest BCUT2D eigenvalue weighted by molar-refractivity contribution is 5.94. The molecule has 3 aromatic rings. The average Bonchev–Trinajstić information content (AvgIpc) is 2.64. The van der Waals surface area contributed by atoms with Gasteiger partial charge in [-0.05, 0) is 59.7 Å². The third kappa shape index (κ3) is 5.05. The highest BCUT2D eigenvalue weighted by atomic mass is 19.4. The molecule has 1 atom stereocenters. The number of pyridine rings is 1. The van der Waals surface area contributed by atoms with Crippen LogP contribution in [0.15, 0.2) is 48.7 Å². The van der Waals surface area contributed by atoms with Crippen LogP contribution in [-0.4, -0.2) is 11.6 Å². The second kappa shape index (κ2) is 8.39. The zero-order chi connectivity index (χ0) is 21.2. The minimum Gasteiger partial charge on any atom is -0.493 e. The number of halogens is 4. The van der Waals surface area contributed by atoms with Gasteiger partial charge in [0.05, 0.1) is 17.7 Å². The van der Waals surface area contributed by atoms with E-state index in [0.717, 1.165) is 12.5 Å². The molecule has 0 spiro atoms. The first-order valence-corrected chi connectivity index (χ1v) is 9.54. The normalized spacial score (nSPS) is 13.1. The lowest BCUT2D eigenvalue weighted by Crippen LogP contribution is -2.14. The van der Waals surface area contributed by atoms with Crippen molar-refractivity contribution in [1.82, 2.24) is 4.98 Å². The molecule has 1 heterocycles. The minimum atomic E-state index is -4.55. The van der Waals surface area contributed by atoms with E-state index in [1.165, 1.54) is 30.5 Å². The van der Waals surface area contributed by atoms with Crippen LogP contribution in [0.1, 0.15) is 32.8 Å². The largest absolute Gasteiger partial charge is 0.493 e. The SMILES string of the molecule is CC(C)C[C@H](C)COc1ccc(-c2ccnc3cc(F)ccc23)cc1C(F)(F)F. The van der Waals surface area contributed by atoms with E-state index in [1.54, 1.807) is 12.1 Å². The summed E-state index contributed by atoms with van der Waals surface area (Å²) in [7, 11) is 0. The van der Waals surface area contributed by atoms with E-state index >= 15 is 0 Å². The summed E-state index contributed by atoms with van der Waals surface area (Å²) in [6.45, 7) is 6.32. The minimum absolute atomic E-state index is 0.148. The van der Waals surface area contributed by atoms with Crippen LogP contribution < -0.4 is 4.74 Å². The Balaban J connectivity index is 1.99. The van der Waals surface area contributed by atoms with Crippen molar-refractivity contribution in [3.8, 4) is 16.9 Å². The van der Waals surface area contributed by atoms with E-state index in [2.05, 4.69) is 18.8 Å². The molecule has 0 bridgehead atoms. The zero-order valence-electron chi connectivity index (χ0n) is 16.6. The first kappa shape index (κ1) is 21.1. The van der Waals surface area contributed by atoms with E-state index < -0.39 is 17.6 Å². The number of nitrogens with zero attached hydrogens (tertiary/aromatic N) is 1. The van der Waals surface area contributed by atoms with Gasteiger partial charge in [0.1, 0.15) is 11.6 Å². The number of aromatic nitrogens is 1. The molecule has 0 aliphatic heterocycles. The Labute approximate surface area is 167 Å². The summed E-state index contributed by atoms with van der Waals surface area (Å²) in [6, 6.07) is 9.72. The molecule has 0 saturated heterocycles. The van der Waals surface area contributed by atoms with E-state index in [4.69, 9.17) is 4.74 Å². The molecule has 0 aliphatic carbocycles. The Morgan fingerprint density at radius 1 is 1.00 bits per heavy atom. The van der Waals surface area contributed by atoms with Crippen molar-refractivity contribution in [2.45, 2.75) is 33.4 Å². The standard InChI is InChI=1S/C23H23F4NO/c1-14(2)10-15(3)13-29-22-7-4-16(11-20(22)23(25,26)27)18-8-9-28-21-12-17(24)5-6-19(18)21/h4-9,11-12,14-15H,10,13H2,1-3H3/t15-/m0/s1. The van der Waals surface area contributed by atoms with Gasteiger partial charge in [-0.15, -0.1) is 0 Å². The van der Waals surface area contributed by atoms with Gasteiger partial charge in [-0.25, -0.2) is 4.39 Å². The molecular weight excluding hydrogens is 382 g/mol. The molecule has 29 heavy (non-hydrogen) atoms. The van der Waals surface area contributed by atoms with Crippen LogP contribution >= 0.6 is 0 Å². The molecule has 1 aromatic heterocycles. The van der Waals surface area contributed by atoms with E-state index in [0.29, 0.717) is 27.9 Å². The van der Waals surface area contributed by atoms with Crippen molar-refractivity contribution in [3.63, 3.8) is 0 Å².